The summed E-state index contributed by atoms with van der Waals surface area (Å²) in [5.41, 5.74) is 0.307. The second-order valence-corrected chi connectivity index (χ2v) is 8.34. The van der Waals surface area contributed by atoms with Crippen molar-refractivity contribution >= 4 is 39.2 Å². The second kappa shape index (κ2) is 7.50. The zero-order valence-corrected chi connectivity index (χ0v) is 15.5. The number of nitrogens with zero attached hydrogens (tertiary/aromatic N) is 1. The summed E-state index contributed by atoms with van der Waals surface area (Å²) in [5.74, 6) is -2.60. The van der Waals surface area contributed by atoms with Gasteiger partial charge in [0.2, 0.25) is 0 Å². The fourth-order valence-corrected chi connectivity index (χ4v) is 4.00. The van der Waals surface area contributed by atoms with Crippen LogP contribution in [0.25, 0.3) is 0 Å². The third-order valence-corrected chi connectivity index (χ3v) is 5.99. The normalized spacial score (nSPS) is 13.6. The van der Waals surface area contributed by atoms with Crippen molar-refractivity contribution in [2.24, 2.45) is 0 Å². The van der Waals surface area contributed by atoms with E-state index in [1.165, 1.54) is 36.4 Å². The van der Waals surface area contributed by atoms with Crippen molar-refractivity contribution in [2.45, 2.75) is 17.7 Å². The topological polar surface area (TPSA) is 97.8 Å². The van der Waals surface area contributed by atoms with Gasteiger partial charge in [-0.3, -0.25) is 9.59 Å². The SMILES string of the molecule is O=C(CCCS(=O)(=O)c1ccc(Cl)cc1)ON1C(=O)c2ccccc2C1=O. The highest BCUT2D eigenvalue weighted by atomic mass is 35.5. The molecule has 140 valence electrons. The van der Waals surface area contributed by atoms with Gasteiger partial charge in [0.05, 0.1) is 21.8 Å². The van der Waals surface area contributed by atoms with Crippen LogP contribution >= 0.6 is 11.6 Å². The number of sulfone groups is 1. The Hall–Kier alpha value is -2.71. The van der Waals surface area contributed by atoms with E-state index >= 15 is 0 Å². The molecule has 2 amide bonds. The van der Waals surface area contributed by atoms with Gasteiger partial charge in [0.1, 0.15) is 0 Å². The van der Waals surface area contributed by atoms with Crippen LogP contribution in [0.3, 0.4) is 0 Å². The summed E-state index contributed by atoms with van der Waals surface area (Å²) in [6.45, 7) is 0. The molecule has 1 heterocycles. The maximum atomic E-state index is 12.2. The number of amides is 2. The number of hydrogen-bond donors (Lipinski definition) is 0. The van der Waals surface area contributed by atoms with Crippen LogP contribution in [0, 0.1) is 0 Å². The number of benzene rings is 2. The summed E-state index contributed by atoms with van der Waals surface area (Å²) in [6.07, 6.45) is -0.285. The number of hydrogen-bond acceptors (Lipinski definition) is 6. The molecule has 0 spiro atoms. The van der Waals surface area contributed by atoms with Gasteiger partial charge >= 0.3 is 5.97 Å². The first-order valence-corrected chi connectivity index (χ1v) is 9.99. The van der Waals surface area contributed by atoms with E-state index in [1.54, 1.807) is 12.1 Å². The molecular weight excluding hydrogens is 394 g/mol. The Morgan fingerprint density at radius 1 is 0.963 bits per heavy atom. The number of rotatable bonds is 6. The van der Waals surface area contributed by atoms with E-state index in [9.17, 15) is 22.8 Å². The van der Waals surface area contributed by atoms with Crippen molar-refractivity contribution < 1.29 is 27.6 Å². The van der Waals surface area contributed by atoms with E-state index in [-0.39, 0.29) is 34.6 Å². The molecule has 2 aromatic rings. The Kier molecular flexibility index (Phi) is 5.29. The largest absolute Gasteiger partial charge is 0.333 e. The van der Waals surface area contributed by atoms with Crippen LogP contribution in [0.1, 0.15) is 33.6 Å². The number of halogens is 1. The van der Waals surface area contributed by atoms with Gasteiger partial charge in [0.25, 0.3) is 11.8 Å². The number of hydroxylamine groups is 2. The maximum absolute atomic E-state index is 12.2. The number of carbonyl (C=O) groups is 3. The van der Waals surface area contributed by atoms with Gasteiger partial charge in [-0.2, -0.15) is 0 Å². The van der Waals surface area contributed by atoms with Crippen LogP contribution in [0.2, 0.25) is 5.02 Å². The van der Waals surface area contributed by atoms with Crippen molar-refractivity contribution in [1.29, 1.82) is 0 Å². The molecule has 0 N–H and O–H groups in total. The van der Waals surface area contributed by atoms with Gasteiger partial charge in [-0.25, -0.2) is 13.2 Å². The second-order valence-electron chi connectivity index (χ2n) is 5.79. The van der Waals surface area contributed by atoms with E-state index in [0.717, 1.165) is 0 Å². The van der Waals surface area contributed by atoms with Crippen LogP contribution in [0.15, 0.2) is 53.4 Å². The average Bonchev–Trinajstić information content (AvgIpc) is 2.87. The first-order chi connectivity index (χ1) is 12.8. The van der Waals surface area contributed by atoms with Gasteiger partial charge in [-0.05, 0) is 42.8 Å². The fourth-order valence-electron chi connectivity index (χ4n) is 2.56. The Morgan fingerprint density at radius 2 is 1.52 bits per heavy atom. The van der Waals surface area contributed by atoms with E-state index in [0.29, 0.717) is 10.1 Å². The highest BCUT2D eigenvalue weighted by Crippen LogP contribution is 2.23. The zero-order chi connectivity index (χ0) is 19.6. The lowest BCUT2D eigenvalue weighted by Crippen LogP contribution is -2.32. The lowest BCUT2D eigenvalue weighted by molar-refractivity contribution is -0.168. The molecule has 0 atom stereocenters. The summed E-state index contributed by atoms with van der Waals surface area (Å²) in [4.78, 5) is 41.1. The molecule has 0 saturated heterocycles. The molecule has 0 radical (unpaired) electrons. The minimum absolute atomic E-state index is 0.0209. The Bertz CT molecular complexity index is 981. The van der Waals surface area contributed by atoms with E-state index in [2.05, 4.69) is 0 Å². The third kappa shape index (κ3) is 4.01. The van der Waals surface area contributed by atoms with Gasteiger partial charge in [-0.15, -0.1) is 0 Å². The van der Waals surface area contributed by atoms with Crippen LogP contribution < -0.4 is 0 Å². The highest BCUT2D eigenvalue weighted by Gasteiger charge is 2.38. The van der Waals surface area contributed by atoms with Gasteiger partial charge in [-0.1, -0.05) is 28.8 Å². The molecule has 0 aromatic heterocycles. The Balaban J connectivity index is 1.56. The number of fused-ring (bicyclic) bond motifs is 1. The first-order valence-electron chi connectivity index (χ1n) is 7.96. The molecule has 1 aliphatic heterocycles. The summed E-state index contributed by atoms with van der Waals surface area (Å²) in [6, 6.07) is 11.8. The highest BCUT2D eigenvalue weighted by molar-refractivity contribution is 7.91. The van der Waals surface area contributed by atoms with E-state index < -0.39 is 27.6 Å². The maximum Gasteiger partial charge on any atom is 0.333 e. The predicted octanol–water partition coefficient (Wildman–Crippen LogP) is 2.65. The Morgan fingerprint density at radius 3 is 2.07 bits per heavy atom. The zero-order valence-electron chi connectivity index (χ0n) is 13.9. The molecular formula is C18H14ClNO6S. The monoisotopic (exact) mass is 407 g/mol. The number of carbonyl (C=O) groups excluding carboxylic acids is 3. The van der Waals surface area contributed by atoms with Crippen LogP contribution in [-0.4, -0.2) is 37.0 Å². The van der Waals surface area contributed by atoms with Crippen molar-refractivity contribution in [1.82, 2.24) is 5.06 Å². The lowest BCUT2D eigenvalue weighted by Gasteiger charge is -2.12. The van der Waals surface area contributed by atoms with E-state index in [1.807, 2.05) is 0 Å². The van der Waals surface area contributed by atoms with Crippen molar-refractivity contribution in [3.05, 3.63) is 64.7 Å². The van der Waals surface area contributed by atoms with Crippen LogP contribution in [-0.2, 0) is 19.5 Å². The van der Waals surface area contributed by atoms with Crippen molar-refractivity contribution in [2.75, 3.05) is 5.75 Å². The van der Waals surface area contributed by atoms with E-state index in [4.69, 9.17) is 16.4 Å². The van der Waals surface area contributed by atoms with Crippen molar-refractivity contribution in [3.63, 3.8) is 0 Å². The minimum atomic E-state index is -3.58. The summed E-state index contributed by atoms with van der Waals surface area (Å²) >= 11 is 5.73. The van der Waals surface area contributed by atoms with Gasteiger partial charge < -0.3 is 4.84 Å². The molecule has 2 aromatic carbocycles. The predicted molar refractivity (Wildman–Crippen MR) is 95.8 cm³/mol. The fraction of sp³-hybridized carbons (Fsp3) is 0.167. The average molecular weight is 408 g/mol. The smallest absolute Gasteiger partial charge is 0.330 e. The molecule has 0 bridgehead atoms. The molecule has 1 aliphatic rings. The van der Waals surface area contributed by atoms with Gasteiger partial charge in [0, 0.05) is 11.4 Å². The standard InChI is InChI=1S/C18H14ClNO6S/c19-12-7-9-13(10-8-12)27(24,25)11-3-6-16(21)26-20-17(22)14-4-1-2-5-15(14)18(20)23/h1-2,4-5,7-10H,3,6,11H2. The summed E-state index contributed by atoms with van der Waals surface area (Å²) in [7, 11) is -3.58. The quantitative estimate of drug-likeness (QED) is 0.683. The molecule has 7 nitrogen and oxygen atoms in total. The molecule has 3 rings (SSSR count). The lowest BCUT2D eigenvalue weighted by atomic mass is 10.1. The molecule has 0 aliphatic carbocycles. The first kappa shape index (κ1) is 19.1. The Labute approximate surface area is 160 Å². The molecule has 0 saturated carbocycles. The van der Waals surface area contributed by atoms with Crippen LogP contribution in [0.5, 0.6) is 0 Å². The molecule has 27 heavy (non-hydrogen) atoms. The third-order valence-electron chi connectivity index (χ3n) is 3.92. The summed E-state index contributed by atoms with van der Waals surface area (Å²) < 4.78 is 24.4. The molecule has 0 fully saturated rings. The van der Waals surface area contributed by atoms with Crippen LogP contribution in [0.4, 0.5) is 0 Å². The molecule has 0 unspecified atom stereocenters. The van der Waals surface area contributed by atoms with Crippen molar-refractivity contribution in [3.8, 4) is 0 Å². The summed E-state index contributed by atoms with van der Waals surface area (Å²) in [5, 5.41) is 0.819. The number of imide groups is 1. The molecule has 9 heteroatoms. The van der Waals surface area contributed by atoms with Gasteiger partial charge in [0.15, 0.2) is 9.84 Å². The minimum Gasteiger partial charge on any atom is -0.330 e.